The molecule has 0 bridgehead atoms. The van der Waals surface area contributed by atoms with E-state index in [1.807, 2.05) is 0 Å². The number of hydrogen-bond acceptors (Lipinski definition) is 6. The zero-order chi connectivity index (χ0) is 16.9. The Balaban J connectivity index is 1.52. The Labute approximate surface area is 145 Å². The first-order chi connectivity index (χ1) is 11.7. The first-order valence-corrected chi connectivity index (χ1v) is 9.47. The molecule has 2 fully saturated rings. The second-order valence-electron chi connectivity index (χ2n) is 6.43. The number of aryl methyl sites for hydroxylation is 1. The second-order valence-corrected chi connectivity index (χ2v) is 7.48. The van der Waals surface area contributed by atoms with Crippen LogP contribution in [0.15, 0.2) is 0 Å². The average molecular weight is 352 g/mol. The van der Waals surface area contributed by atoms with Gasteiger partial charge >= 0.3 is 0 Å². The van der Waals surface area contributed by atoms with Gasteiger partial charge in [-0.2, -0.15) is 0 Å². The summed E-state index contributed by atoms with van der Waals surface area (Å²) in [6, 6.07) is 0. The maximum absolute atomic E-state index is 12.4. The molecule has 1 atom stereocenters. The van der Waals surface area contributed by atoms with Crippen molar-refractivity contribution in [1.82, 2.24) is 15.5 Å². The molecule has 0 saturated carbocycles. The van der Waals surface area contributed by atoms with Crippen LogP contribution >= 0.6 is 11.3 Å². The third-order valence-electron chi connectivity index (χ3n) is 4.55. The molecule has 1 aromatic rings. The SMILES string of the molecule is CCCc1nnc(N2CC(C(=O)NCC3CCOCC3)CC2=O)s1. The summed E-state index contributed by atoms with van der Waals surface area (Å²) in [4.78, 5) is 26.2. The van der Waals surface area contributed by atoms with Gasteiger partial charge in [-0.1, -0.05) is 18.3 Å². The molecule has 132 valence electrons. The van der Waals surface area contributed by atoms with Crippen molar-refractivity contribution in [3.05, 3.63) is 5.01 Å². The van der Waals surface area contributed by atoms with Crippen molar-refractivity contribution in [1.29, 1.82) is 0 Å². The number of carbonyl (C=O) groups is 2. The molecule has 1 aromatic heterocycles. The summed E-state index contributed by atoms with van der Waals surface area (Å²) in [5.41, 5.74) is 0. The molecule has 0 spiro atoms. The van der Waals surface area contributed by atoms with Gasteiger partial charge in [0.2, 0.25) is 16.9 Å². The van der Waals surface area contributed by atoms with Crippen LogP contribution in [-0.2, 0) is 20.7 Å². The van der Waals surface area contributed by atoms with Gasteiger partial charge in [0.15, 0.2) is 0 Å². The lowest BCUT2D eigenvalue weighted by Crippen LogP contribution is -2.37. The van der Waals surface area contributed by atoms with E-state index in [0.29, 0.717) is 24.1 Å². The Morgan fingerprint density at radius 1 is 1.38 bits per heavy atom. The Morgan fingerprint density at radius 2 is 2.17 bits per heavy atom. The van der Waals surface area contributed by atoms with Crippen LogP contribution in [-0.4, -0.2) is 48.3 Å². The molecule has 1 N–H and O–H groups in total. The Kier molecular flexibility index (Phi) is 5.78. The third-order valence-corrected chi connectivity index (χ3v) is 5.56. The summed E-state index contributed by atoms with van der Waals surface area (Å²) in [5, 5.41) is 12.8. The molecule has 0 radical (unpaired) electrons. The fourth-order valence-corrected chi connectivity index (χ4v) is 4.04. The molecule has 3 rings (SSSR count). The molecule has 1 unspecified atom stereocenters. The van der Waals surface area contributed by atoms with Crippen LogP contribution in [0, 0.1) is 11.8 Å². The molecular weight excluding hydrogens is 328 g/mol. The molecule has 2 amide bonds. The highest BCUT2D eigenvalue weighted by molar-refractivity contribution is 7.15. The predicted octanol–water partition coefficient (Wildman–Crippen LogP) is 1.39. The number of rotatable bonds is 6. The molecule has 24 heavy (non-hydrogen) atoms. The molecule has 2 aliphatic heterocycles. The highest BCUT2D eigenvalue weighted by Crippen LogP contribution is 2.28. The van der Waals surface area contributed by atoms with E-state index in [9.17, 15) is 9.59 Å². The molecule has 2 saturated heterocycles. The predicted molar refractivity (Wildman–Crippen MR) is 90.9 cm³/mol. The quantitative estimate of drug-likeness (QED) is 0.836. The van der Waals surface area contributed by atoms with Gasteiger partial charge in [-0.3, -0.25) is 14.5 Å². The zero-order valence-electron chi connectivity index (χ0n) is 14.0. The van der Waals surface area contributed by atoms with Crippen molar-refractivity contribution in [2.24, 2.45) is 11.8 Å². The highest BCUT2D eigenvalue weighted by atomic mass is 32.1. The number of anilines is 1. The number of hydrogen-bond donors (Lipinski definition) is 1. The lowest BCUT2D eigenvalue weighted by Gasteiger charge is -2.22. The van der Waals surface area contributed by atoms with E-state index in [1.54, 1.807) is 4.90 Å². The van der Waals surface area contributed by atoms with Gasteiger partial charge in [0.25, 0.3) is 0 Å². The molecule has 8 heteroatoms. The number of nitrogens with one attached hydrogen (secondary N) is 1. The summed E-state index contributed by atoms with van der Waals surface area (Å²) in [6.45, 7) is 4.70. The van der Waals surface area contributed by atoms with Gasteiger partial charge in [0.1, 0.15) is 5.01 Å². The average Bonchev–Trinajstić information content (AvgIpc) is 3.20. The Morgan fingerprint density at radius 3 is 2.92 bits per heavy atom. The van der Waals surface area contributed by atoms with Gasteiger partial charge in [-0.15, -0.1) is 10.2 Å². The van der Waals surface area contributed by atoms with E-state index >= 15 is 0 Å². The fourth-order valence-electron chi connectivity index (χ4n) is 3.08. The van der Waals surface area contributed by atoms with Gasteiger partial charge in [0, 0.05) is 39.1 Å². The van der Waals surface area contributed by atoms with Gasteiger partial charge in [-0.25, -0.2) is 0 Å². The van der Waals surface area contributed by atoms with Crippen LogP contribution < -0.4 is 10.2 Å². The van der Waals surface area contributed by atoms with Crippen LogP contribution in [0.5, 0.6) is 0 Å². The fraction of sp³-hybridized carbons (Fsp3) is 0.750. The smallest absolute Gasteiger partial charge is 0.229 e. The Bertz CT molecular complexity index is 586. The van der Waals surface area contributed by atoms with Crippen molar-refractivity contribution < 1.29 is 14.3 Å². The number of aromatic nitrogens is 2. The molecule has 7 nitrogen and oxygen atoms in total. The van der Waals surface area contributed by atoms with Crippen molar-refractivity contribution in [2.45, 2.75) is 39.0 Å². The topological polar surface area (TPSA) is 84.4 Å². The number of carbonyl (C=O) groups excluding carboxylic acids is 2. The largest absolute Gasteiger partial charge is 0.381 e. The number of nitrogens with zero attached hydrogens (tertiary/aromatic N) is 3. The maximum Gasteiger partial charge on any atom is 0.229 e. The summed E-state index contributed by atoms with van der Waals surface area (Å²) >= 11 is 1.45. The lowest BCUT2D eigenvalue weighted by atomic mass is 10.00. The molecule has 0 aromatic carbocycles. The lowest BCUT2D eigenvalue weighted by molar-refractivity contribution is -0.126. The van der Waals surface area contributed by atoms with Crippen molar-refractivity contribution >= 4 is 28.3 Å². The van der Waals surface area contributed by atoms with Crippen LogP contribution in [0.25, 0.3) is 0 Å². The molecule has 2 aliphatic rings. The minimum atomic E-state index is -0.295. The van der Waals surface area contributed by atoms with E-state index in [1.165, 1.54) is 11.3 Å². The minimum absolute atomic E-state index is 0.0318. The van der Waals surface area contributed by atoms with E-state index in [-0.39, 0.29) is 24.2 Å². The van der Waals surface area contributed by atoms with Gasteiger partial charge in [0.05, 0.1) is 5.92 Å². The monoisotopic (exact) mass is 352 g/mol. The van der Waals surface area contributed by atoms with Gasteiger partial charge in [-0.05, 0) is 25.2 Å². The van der Waals surface area contributed by atoms with Crippen LogP contribution in [0.1, 0.15) is 37.6 Å². The standard InChI is InChI=1S/C16H24N4O3S/c1-2-3-13-18-19-16(24-13)20-10-12(8-14(20)21)15(22)17-9-11-4-6-23-7-5-11/h11-12H,2-10H2,1H3,(H,17,22). The number of amides is 2. The van der Waals surface area contributed by atoms with Crippen molar-refractivity contribution in [2.75, 3.05) is 31.2 Å². The normalized spacial score (nSPS) is 22.1. The zero-order valence-corrected chi connectivity index (χ0v) is 14.8. The van der Waals surface area contributed by atoms with E-state index in [4.69, 9.17) is 4.74 Å². The molecular formula is C16H24N4O3S. The highest BCUT2D eigenvalue weighted by Gasteiger charge is 2.36. The first kappa shape index (κ1) is 17.3. The summed E-state index contributed by atoms with van der Waals surface area (Å²) in [6.07, 6.45) is 4.10. The van der Waals surface area contributed by atoms with Gasteiger partial charge < -0.3 is 10.1 Å². The third kappa shape index (κ3) is 4.10. The van der Waals surface area contributed by atoms with Crippen LogP contribution in [0.4, 0.5) is 5.13 Å². The van der Waals surface area contributed by atoms with Crippen LogP contribution in [0.3, 0.4) is 0 Å². The van der Waals surface area contributed by atoms with E-state index < -0.39 is 0 Å². The summed E-state index contributed by atoms with van der Waals surface area (Å²) in [7, 11) is 0. The minimum Gasteiger partial charge on any atom is -0.381 e. The second kappa shape index (κ2) is 8.02. The summed E-state index contributed by atoms with van der Waals surface area (Å²) in [5.74, 6) is 0.114. The van der Waals surface area contributed by atoms with Crippen LogP contribution in [0.2, 0.25) is 0 Å². The van der Waals surface area contributed by atoms with E-state index in [0.717, 1.165) is 43.9 Å². The first-order valence-electron chi connectivity index (χ1n) is 8.65. The molecule has 3 heterocycles. The summed E-state index contributed by atoms with van der Waals surface area (Å²) < 4.78 is 5.33. The molecule has 0 aliphatic carbocycles. The number of ether oxygens (including phenoxy) is 1. The Hall–Kier alpha value is -1.54. The maximum atomic E-state index is 12.4. The van der Waals surface area contributed by atoms with E-state index in [2.05, 4.69) is 22.4 Å². The van der Waals surface area contributed by atoms with Crippen molar-refractivity contribution in [3.63, 3.8) is 0 Å². The van der Waals surface area contributed by atoms with Crippen molar-refractivity contribution in [3.8, 4) is 0 Å².